The summed E-state index contributed by atoms with van der Waals surface area (Å²) in [4.78, 5) is 13.9. The molecule has 3 nitrogen and oxygen atoms in total. The second kappa shape index (κ2) is 6.53. The Morgan fingerprint density at radius 3 is 3.05 bits per heavy atom. The van der Waals surface area contributed by atoms with E-state index in [4.69, 9.17) is 0 Å². The Bertz CT molecular complexity index is 396. The first kappa shape index (κ1) is 14.5. The lowest BCUT2D eigenvalue weighted by Crippen LogP contribution is -2.52. The van der Waals surface area contributed by atoms with Crippen LogP contribution >= 0.6 is 11.3 Å². The molecule has 2 unspecified atom stereocenters. The zero-order valence-corrected chi connectivity index (χ0v) is 12.7. The summed E-state index contributed by atoms with van der Waals surface area (Å²) in [6.45, 7) is 6.08. The van der Waals surface area contributed by atoms with Gasteiger partial charge in [0.15, 0.2) is 0 Å². The highest BCUT2D eigenvalue weighted by Gasteiger charge is 2.38. The molecular formula is C15H24N2OS. The molecule has 0 saturated carbocycles. The maximum atomic E-state index is 12.5. The molecule has 0 spiro atoms. The number of carbonyl (C=O) groups is 1. The summed E-state index contributed by atoms with van der Waals surface area (Å²) in [5.41, 5.74) is -0.193. The van der Waals surface area contributed by atoms with E-state index >= 15 is 0 Å². The number of hydrogen-bond donors (Lipinski definition) is 2. The van der Waals surface area contributed by atoms with Gasteiger partial charge in [-0.2, -0.15) is 0 Å². The standard InChI is InChI=1S/C15H24N2OS/c1-3-15(7-5-8-16-11-15)14(18)17-12(2)10-13-6-4-9-19-13/h4,6,9,12,16H,3,5,7-8,10-11H2,1-2H3,(H,17,18). The molecule has 0 radical (unpaired) electrons. The van der Waals surface area contributed by atoms with Crippen molar-refractivity contribution in [2.24, 2.45) is 5.41 Å². The van der Waals surface area contributed by atoms with Gasteiger partial charge in [0.1, 0.15) is 0 Å². The first-order valence-corrected chi connectivity index (χ1v) is 8.08. The van der Waals surface area contributed by atoms with Crippen molar-refractivity contribution in [2.75, 3.05) is 13.1 Å². The lowest BCUT2D eigenvalue weighted by Gasteiger charge is -2.36. The molecule has 2 atom stereocenters. The van der Waals surface area contributed by atoms with E-state index in [9.17, 15) is 4.79 Å². The molecule has 19 heavy (non-hydrogen) atoms. The third kappa shape index (κ3) is 3.57. The summed E-state index contributed by atoms with van der Waals surface area (Å²) in [5.74, 6) is 0.228. The highest BCUT2D eigenvalue weighted by Crippen LogP contribution is 2.30. The first-order valence-electron chi connectivity index (χ1n) is 7.20. The van der Waals surface area contributed by atoms with E-state index in [0.717, 1.165) is 38.8 Å². The van der Waals surface area contributed by atoms with Gasteiger partial charge >= 0.3 is 0 Å². The summed E-state index contributed by atoms with van der Waals surface area (Å²) >= 11 is 1.76. The number of rotatable bonds is 5. The summed E-state index contributed by atoms with van der Waals surface area (Å²) in [5, 5.41) is 8.66. The normalized spacial score (nSPS) is 24.9. The lowest BCUT2D eigenvalue weighted by molar-refractivity contribution is -0.133. The van der Waals surface area contributed by atoms with E-state index in [0.29, 0.717) is 0 Å². The molecular weight excluding hydrogens is 256 g/mol. The van der Waals surface area contributed by atoms with Crippen LogP contribution in [0.25, 0.3) is 0 Å². The van der Waals surface area contributed by atoms with Crippen molar-refractivity contribution in [2.45, 2.75) is 45.6 Å². The van der Waals surface area contributed by atoms with Crippen molar-refractivity contribution < 1.29 is 4.79 Å². The average Bonchev–Trinajstić information content (AvgIpc) is 2.92. The van der Waals surface area contributed by atoms with E-state index < -0.39 is 0 Å². The number of carbonyl (C=O) groups excluding carboxylic acids is 1. The van der Waals surface area contributed by atoms with Crippen molar-refractivity contribution in [3.63, 3.8) is 0 Å². The fourth-order valence-electron chi connectivity index (χ4n) is 2.78. The van der Waals surface area contributed by atoms with Crippen LogP contribution in [0.1, 0.15) is 38.0 Å². The van der Waals surface area contributed by atoms with Crippen LogP contribution in [0.2, 0.25) is 0 Å². The summed E-state index contributed by atoms with van der Waals surface area (Å²) in [6, 6.07) is 4.40. The van der Waals surface area contributed by atoms with Crippen molar-refractivity contribution in [1.82, 2.24) is 10.6 Å². The van der Waals surface area contributed by atoms with Crippen LogP contribution in [0.5, 0.6) is 0 Å². The first-order chi connectivity index (χ1) is 9.16. The summed E-state index contributed by atoms with van der Waals surface area (Å²) < 4.78 is 0. The topological polar surface area (TPSA) is 41.1 Å². The Morgan fingerprint density at radius 1 is 1.63 bits per heavy atom. The largest absolute Gasteiger partial charge is 0.353 e. The molecule has 2 heterocycles. The second-order valence-electron chi connectivity index (χ2n) is 5.57. The van der Waals surface area contributed by atoms with Crippen LogP contribution in [0.4, 0.5) is 0 Å². The molecule has 1 aliphatic heterocycles. The van der Waals surface area contributed by atoms with Gasteiger partial charge in [0.2, 0.25) is 5.91 Å². The van der Waals surface area contributed by atoms with Gasteiger partial charge in [0.25, 0.3) is 0 Å². The highest BCUT2D eigenvalue weighted by molar-refractivity contribution is 7.09. The van der Waals surface area contributed by atoms with Gasteiger partial charge in [-0.3, -0.25) is 4.79 Å². The predicted molar refractivity (Wildman–Crippen MR) is 80.5 cm³/mol. The third-order valence-electron chi connectivity index (χ3n) is 4.10. The smallest absolute Gasteiger partial charge is 0.227 e. The molecule has 0 aromatic carbocycles. The Balaban J connectivity index is 1.91. The second-order valence-corrected chi connectivity index (χ2v) is 6.60. The van der Waals surface area contributed by atoms with Gasteiger partial charge in [-0.25, -0.2) is 0 Å². The van der Waals surface area contributed by atoms with Crippen LogP contribution in [-0.4, -0.2) is 25.0 Å². The molecule has 2 rings (SSSR count). The van der Waals surface area contributed by atoms with Gasteiger partial charge in [-0.1, -0.05) is 13.0 Å². The van der Waals surface area contributed by atoms with Crippen molar-refractivity contribution in [3.05, 3.63) is 22.4 Å². The molecule has 2 N–H and O–H groups in total. The van der Waals surface area contributed by atoms with E-state index in [-0.39, 0.29) is 17.4 Å². The monoisotopic (exact) mass is 280 g/mol. The van der Waals surface area contributed by atoms with E-state index in [1.807, 2.05) is 0 Å². The molecule has 0 aliphatic carbocycles. The Kier molecular flexibility index (Phi) is 4.99. The molecule has 1 aromatic heterocycles. The number of nitrogens with one attached hydrogen (secondary N) is 2. The van der Waals surface area contributed by atoms with E-state index in [1.54, 1.807) is 11.3 Å². The fraction of sp³-hybridized carbons (Fsp3) is 0.667. The van der Waals surface area contributed by atoms with Crippen LogP contribution in [0, 0.1) is 5.41 Å². The molecule has 1 fully saturated rings. The Morgan fingerprint density at radius 2 is 2.47 bits per heavy atom. The van der Waals surface area contributed by atoms with Gasteiger partial charge in [0, 0.05) is 23.9 Å². The molecule has 106 valence electrons. The maximum Gasteiger partial charge on any atom is 0.227 e. The lowest BCUT2D eigenvalue weighted by atomic mass is 9.77. The van der Waals surface area contributed by atoms with Crippen LogP contribution in [0.3, 0.4) is 0 Å². The highest BCUT2D eigenvalue weighted by atomic mass is 32.1. The molecule has 1 aliphatic rings. The number of hydrogen-bond acceptors (Lipinski definition) is 3. The minimum Gasteiger partial charge on any atom is -0.353 e. The zero-order chi connectivity index (χ0) is 13.7. The van der Waals surface area contributed by atoms with Gasteiger partial charge in [-0.05, 0) is 44.2 Å². The van der Waals surface area contributed by atoms with Crippen LogP contribution in [-0.2, 0) is 11.2 Å². The number of piperidine rings is 1. The molecule has 1 amide bonds. The number of amides is 1. The maximum absolute atomic E-state index is 12.5. The summed E-state index contributed by atoms with van der Waals surface area (Å²) in [6.07, 6.45) is 3.95. The van der Waals surface area contributed by atoms with Crippen molar-refractivity contribution in [3.8, 4) is 0 Å². The van der Waals surface area contributed by atoms with Gasteiger partial charge in [-0.15, -0.1) is 11.3 Å². The molecule has 0 bridgehead atoms. The Hall–Kier alpha value is -0.870. The minimum absolute atomic E-state index is 0.193. The predicted octanol–water partition coefficient (Wildman–Crippen LogP) is 2.58. The van der Waals surface area contributed by atoms with Gasteiger partial charge < -0.3 is 10.6 Å². The van der Waals surface area contributed by atoms with E-state index in [2.05, 4.69) is 42.0 Å². The minimum atomic E-state index is -0.193. The van der Waals surface area contributed by atoms with Crippen LogP contribution < -0.4 is 10.6 Å². The number of thiophene rings is 1. The summed E-state index contributed by atoms with van der Waals surface area (Å²) in [7, 11) is 0. The zero-order valence-electron chi connectivity index (χ0n) is 11.9. The molecule has 1 saturated heterocycles. The molecule has 4 heteroatoms. The molecule has 1 aromatic rings. The quantitative estimate of drug-likeness (QED) is 0.870. The Labute approximate surface area is 119 Å². The average molecular weight is 280 g/mol. The van der Waals surface area contributed by atoms with Gasteiger partial charge in [0.05, 0.1) is 5.41 Å². The van der Waals surface area contributed by atoms with Crippen molar-refractivity contribution >= 4 is 17.2 Å². The third-order valence-corrected chi connectivity index (χ3v) is 4.99. The van der Waals surface area contributed by atoms with E-state index in [1.165, 1.54) is 4.88 Å². The SMILES string of the molecule is CCC1(C(=O)NC(C)Cc2cccs2)CCCNC1. The van der Waals surface area contributed by atoms with Crippen molar-refractivity contribution in [1.29, 1.82) is 0 Å². The van der Waals surface area contributed by atoms with Crippen LogP contribution in [0.15, 0.2) is 17.5 Å². The fourth-order valence-corrected chi connectivity index (χ4v) is 3.62.